The minimum Gasteiger partial charge on any atom is -0.444 e. The average Bonchev–Trinajstić information content (AvgIpc) is 2.83. The largest absolute Gasteiger partial charge is 0.444 e. The number of fused-ring (bicyclic) bond motifs is 1. The lowest BCUT2D eigenvalue weighted by atomic mass is 9.87. The second kappa shape index (κ2) is 11.1. The molecule has 0 saturated carbocycles. The molecule has 7 nitrogen and oxygen atoms in total. The van der Waals surface area contributed by atoms with Crippen molar-refractivity contribution < 1.29 is 37.0 Å². The molecule has 2 aliphatic rings. The Morgan fingerprint density at radius 1 is 1.11 bits per heavy atom. The number of benzene rings is 2. The summed E-state index contributed by atoms with van der Waals surface area (Å²) in [5, 5.41) is 2.57. The third-order valence-electron chi connectivity index (χ3n) is 6.39. The van der Waals surface area contributed by atoms with Crippen LogP contribution in [-0.2, 0) is 25.4 Å². The Morgan fingerprint density at radius 3 is 2.49 bits per heavy atom. The lowest BCUT2D eigenvalue weighted by Gasteiger charge is -2.42. The Hall–Kier alpha value is -3.11. The van der Waals surface area contributed by atoms with E-state index in [4.69, 9.17) is 9.47 Å². The van der Waals surface area contributed by atoms with E-state index in [2.05, 4.69) is 10.1 Å². The molecule has 2 aromatic rings. The molecular weight excluding hydrogens is 489 g/mol. The van der Waals surface area contributed by atoms with Crippen molar-refractivity contribution in [2.45, 2.75) is 70.1 Å². The van der Waals surface area contributed by atoms with E-state index < -0.39 is 42.6 Å². The van der Waals surface area contributed by atoms with Crippen molar-refractivity contribution in [3.05, 3.63) is 71.0 Å². The third-order valence-corrected chi connectivity index (χ3v) is 6.39. The maximum atomic E-state index is 13.8. The number of nitrogens with one attached hydrogen (secondary N) is 1. The number of ether oxygens (including phenoxy) is 3. The van der Waals surface area contributed by atoms with E-state index in [1.807, 2.05) is 24.3 Å². The van der Waals surface area contributed by atoms with Gasteiger partial charge in [-0.2, -0.15) is 8.78 Å². The quantitative estimate of drug-likeness (QED) is 0.624. The second-order valence-electron chi connectivity index (χ2n) is 10.2. The van der Waals surface area contributed by atoms with Crippen molar-refractivity contribution in [3.8, 4) is 0 Å². The summed E-state index contributed by atoms with van der Waals surface area (Å²) in [6, 6.07) is 12.3. The zero-order valence-electron chi connectivity index (χ0n) is 21.0. The van der Waals surface area contributed by atoms with Crippen molar-refractivity contribution in [3.63, 3.8) is 0 Å². The summed E-state index contributed by atoms with van der Waals surface area (Å²) in [6.07, 6.45) is -2.44. The van der Waals surface area contributed by atoms with Crippen LogP contribution < -0.4 is 5.32 Å². The molecule has 0 aromatic heterocycles. The van der Waals surface area contributed by atoms with Gasteiger partial charge in [-0.1, -0.05) is 36.4 Å². The van der Waals surface area contributed by atoms with E-state index in [9.17, 15) is 22.8 Å². The smallest absolute Gasteiger partial charge is 0.407 e. The molecule has 2 aromatic carbocycles. The monoisotopic (exact) mass is 520 g/mol. The Labute approximate surface area is 213 Å². The van der Waals surface area contributed by atoms with Gasteiger partial charge < -0.3 is 24.4 Å². The SMILES string of the molecule is CC(C)(C)OC(=O)N[C@H]1C[C@H](C(=O)N2CCc3ccccc3[C@@H]2c2ccc(F)cc2)OC[C@H]1OC(F)F. The van der Waals surface area contributed by atoms with Crippen molar-refractivity contribution in [1.29, 1.82) is 0 Å². The normalized spacial score (nSPS) is 23.9. The second-order valence-corrected chi connectivity index (χ2v) is 10.2. The molecule has 10 heteroatoms. The fraction of sp³-hybridized carbons (Fsp3) is 0.481. The fourth-order valence-corrected chi connectivity index (χ4v) is 4.82. The molecule has 2 aliphatic heterocycles. The Morgan fingerprint density at radius 2 is 1.81 bits per heavy atom. The summed E-state index contributed by atoms with van der Waals surface area (Å²) in [7, 11) is 0. The highest BCUT2D eigenvalue weighted by Crippen LogP contribution is 2.36. The highest BCUT2D eigenvalue weighted by Gasteiger charge is 2.42. The Kier molecular flexibility index (Phi) is 8.08. The van der Waals surface area contributed by atoms with E-state index >= 15 is 0 Å². The minimum absolute atomic E-state index is 0.0796. The van der Waals surface area contributed by atoms with E-state index in [1.165, 1.54) is 12.1 Å². The molecule has 0 radical (unpaired) electrons. The van der Waals surface area contributed by atoms with Crippen LogP contribution in [0.15, 0.2) is 48.5 Å². The van der Waals surface area contributed by atoms with Gasteiger partial charge in [-0.15, -0.1) is 0 Å². The highest BCUT2D eigenvalue weighted by atomic mass is 19.3. The number of nitrogens with zero attached hydrogens (tertiary/aromatic N) is 1. The predicted octanol–water partition coefficient (Wildman–Crippen LogP) is 4.59. The van der Waals surface area contributed by atoms with Crippen LogP contribution in [0, 0.1) is 5.82 Å². The predicted molar refractivity (Wildman–Crippen MR) is 128 cm³/mol. The van der Waals surface area contributed by atoms with Gasteiger partial charge in [-0.3, -0.25) is 4.79 Å². The van der Waals surface area contributed by atoms with Crippen LogP contribution in [0.5, 0.6) is 0 Å². The first-order valence-corrected chi connectivity index (χ1v) is 12.2. The van der Waals surface area contributed by atoms with Gasteiger partial charge >= 0.3 is 12.7 Å². The van der Waals surface area contributed by atoms with Crippen molar-refractivity contribution in [1.82, 2.24) is 10.2 Å². The molecule has 4 rings (SSSR count). The number of carbonyl (C=O) groups excluding carboxylic acids is 2. The minimum atomic E-state index is -3.08. The molecule has 0 unspecified atom stereocenters. The molecule has 1 saturated heterocycles. The van der Waals surface area contributed by atoms with Crippen molar-refractivity contribution in [2.24, 2.45) is 0 Å². The molecule has 2 amide bonds. The Balaban J connectivity index is 1.58. The van der Waals surface area contributed by atoms with E-state index in [1.54, 1.807) is 37.8 Å². The number of hydrogen-bond donors (Lipinski definition) is 1. The van der Waals surface area contributed by atoms with E-state index in [0.29, 0.717) is 13.0 Å². The summed E-state index contributed by atoms with van der Waals surface area (Å²) in [5.74, 6) is -0.738. The van der Waals surface area contributed by atoms with Gasteiger partial charge in [0.25, 0.3) is 5.91 Å². The Bertz CT molecular complexity index is 1110. The maximum absolute atomic E-state index is 13.8. The summed E-state index contributed by atoms with van der Waals surface area (Å²) in [4.78, 5) is 27.9. The summed E-state index contributed by atoms with van der Waals surface area (Å²) >= 11 is 0. The van der Waals surface area contributed by atoms with Gasteiger partial charge in [-0.25, -0.2) is 9.18 Å². The lowest BCUT2D eigenvalue weighted by Crippen LogP contribution is -2.57. The third kappa shape index (κ3) is 6.61. The number of rotatable bonds is 5. The van der Waals surface area contributed by atoms with E-state index in [0.717, 1.165) is 16.7 Å². The summed E-state index contributed by atoms with van der Waals surface area (Å²) in [5.41, 5.74) is 1.94. The number of alkyl halides is 2. The van der Waals surface area contributed by atoms with Gasteiger partial charge in [0, 0.05) is 13.0 Å². The van der Waals surface area contributed by atoms with Crippen LogP contribution in [-0.4, -0.2) is 60.5 Å². The van der Waals surface area contributed by atoms with Crippen LogP contribution in [0.2, 0.25) is 0 Å². The molecule has 1 fully saturated rings. The fourth-order valence-electron chi connectivity index (χ4n) is 4.82. The topological polar surface area (TPSA) is 77.1 Å². The molecule has 200 valence electrons. The van der Waals surface area contributed by atoms with Crippen LogP contribution in [0.3, 0.4) is 0 Å². The van der Waals surface area contributed by atoms with Gasteiger partial charge in [0.05, 0.1) is 18.7 Å². The van der Waals surface area contributed by atoms with Gasteiger partial charge in [0.2, 0.25) is 0 Å². The molecule has 37 heavy (non-hydrogen) atoms. The van der Waals surface area contributed by atoms with Crippen molar-refractivity contribution >= 4 is 12.0 Å². The molecule has 2 heterocycles. The van der Waals surface area contributed by atoms with Crippen LogP contribution in [0.25, 0.3) is 0 Å². The average molecular weight is 521 g/mol. The van der Waals surface area contributed by atoms with Gasteiger partial charge in [-0.05, 0) is 56.0 Å². The highest BCUT2D eigenvalue weighted by molar-refractivity contribution is 5.82. The molecule has 0 spiro atoms. The maximum Gasteiger partial charge on any atom is 0.407 e. The molecule has 0 bridgehead atoms. The number of carbonyl (C=O) groups is 2. The first-order chi connectivity index (χ1) is 17.5. The van der Waals surface area contributed by atoms with Gasteiger partial charge in [0.1, 0.15) is 23.6 Å². The van der Waals surface area contributed by atoms with Gasteiger partial charge in [0.15, 0.2) is 0 Å². The number of alkyl carbamates (subject to hydrolysis) is 1. The van der Waals surface area contributed by atoms with Crippen LogP contribution in [0.1, 0.15) is 49.9 Å². The molecular formula is C27H31F3N2O5. The number of amides is 2. The molecule has 4 atom stereocenters. The molecule has 0 aliphatic carbocycles. The lowest BCUT2D eigenvalue weighted by molar-refractivity contribution is -0.206. The zero-order valence-corrected chi connectivity index (χ0v) is 21.0. The number of hydrogen-bond acceptors (Lipinski definition) is 5. The van der Waals surface area contributed by atoms with Crippen LogP contribution >= 0.6 is 0 Å². The summed E-state index contributed by atoms with van der Waals surface area (Å²) < 4.78 is 55.4. The number of halogens is 3. The van der Waals surface area contributed by atoms with E-state index in [-0.39, 0.29) is 24.8 Å². The zero-order chi connectivity index (χ0) is 26.7. The first kappa shape index (κ1) is 26.9. The summed E-state index contributed by atoms with van der Waals surface area (Å²) in [6.45, 7) is 2.04. The first-order valence-electron chi connectivity index (χ1n) is 12.2. The van der Waals surface area contributed by atoms with Crippen LogP contribution in [0.4, 0.5) is 18.0 Å². The van der Waals surface area contributed by atoms with Crippen molar-refractivity contribution in [2.75, 3.05) is 13.2 Å². The molecule has 1 N–H and O–H groups in total. The standard InChI is InChI=1S/C27H31F3N2O5/c1-27(2,3)37-26(34)31-20-14-21(35-15-22(20)36-25(29)30)24(33)32-13-12-16-6-4-5-7-19(16)23(32)17-8-10-18(28)11-9-17/h4-11,20-23,25H,12-15H2,1-3H3,(H,31,34)/t20-,21+,22+,23-/m0/s1.